The lowest BCUT2D eigenvalue weighted by atomic mass is 9.93. The summed E-state index contributed by atoms with van der Waals surface area (Å²) >= 11 is 0. The van der Waals surface area contributed by atoms with E-state index in [-0.39, 0.29) is 0 Å². The van der Waals surface area contributed by atoms with Crippen molar-refractivity contribution in [1.29, 1.82) is 0 Å². The summed E-state index contributed by atoms with van der Waals surface area (Å²) in [5.41, 5.74) is 4.08. The molecule has 4 nitrogen and oxygen atoms in total. The number of hydrogen-bond acceptors (Lipinski definition) is 3. The van der Waals surface area contributed by atoms with Gasteiger partial charge >= 0.3 is 0 Å². The zero-order valence-corrected chi connectivity index (χ0v) is 12.8. The van der Waals surface area contributed by atoms with Crippen molar-refractivity contribution >= 4 is 0 Å². The average molecular weight is 285 g/mol. The van der Waals surface area contributed by atoms with Crippen LogP contribution in [0.5, 0.6) is 5.75 Å². The number of ether oxygens (including phenoxy) is 1. The lowest BCUT2D eigenvalue weighted by Gasteiger charge is -2.24. The van der Waals surface area contributed by atoms with Crippen LogP contribution in [0.4, 0.5) is 0 Å². The van der Waals surface area contributed by atoms with Crippen LogP contribution in [0.2, 0.25) is 0 Å². The molecule has 1 N–H and O–H groups in total. The zero-order valence-electron chi connectivity index (χ0n) is 12.8. The van der Waals surface area contributed by atoms with E-state index in [4.69, 9.17) is 4.74 Å². The van der Waals surface area contributed by atoms with Gasteiger partial charge in [0, 0.05) is 24.3 Å². The van der Waals surface area contributed by atoms with Crippen molar-refractivity contribution in [1.82, 2.24) is 15.1 Å². The van der Waals surface area contributed by atoms with E-state index in [1.165, 1.54) is 29.7 Å². The summed E-state index contributed by atoms with van der Waals surface area (Å²) in [6, 6.07) is 8.75. The zero-order chi connectivity index (χ0) is 14.7. The lowest BCUT2D eigenvalue weighted by Crippen LogP contribution is -2.27. The van der Waals surface area contributed by atoms with Gasteiger partial charge in [-0.15, -0.1) is 0 Å². The van der Waals surface area contributed by atoms with Crippen molar-refractivity contribution in [3.05, 3.63) is 47.3 Å². The van der Waals surface area contributed by atoms with Gasteiger partial charge in [-0.05, 0) is 49.9 Å². The van der Waals surface area contributed by atoms with Crippen LogP contribution < -0.4 is 10.1 Å². The number of nitrogens with one attached hydrogen (secondary N) is 1. The first-order valence-corrected chi connectivity index (χ1v) is 7.65. The van der Waals surface area contributed by atoms with Gasteiger partial charge < -0.3 is 10.1 Å². The highest BCUT2D eigenvalue weighted by atomic mass is 16.5. The molecule has 1 aromatic heterocycles. The molecule has 1 unspecified atom stereocenters. The second-order valence-electron chi connectivity index (χ2n) is 5.67. The number of benzene rings is 1. The number of aromatic nitrogens is 2. The third-order valence-electron chi connectivity index (χ3n) is 4.31. The normalized spacial score (nSPS) is 17.5. The molecule has 21 heavy (non-hydrogen) atoms. The number of methoxy groups -OCH3 is 1. The molecule has 1 atom stereocenters. The topological polar surface area (TPSA) is 39.1 Å². The van der Waals surface area contributed by atoms with Crippen molar-refractivity contribution in [2.45, 2.75) is 31.7 Å². The molecular formula is C17H23N3O. The first-order valence-electron chi connectivity index (χ1n) is 7.65. The Bertz CT molecular complexity index is 606. The van der Waals surface area contributed by atoms with E-state index in [0.717, 1.165) is 25.1 Å². The second kappa shape index (κ2) is 6.31. The van der Waals surface area contributed by atoms with Crippen molar-refractivity contribution < 1.29 is 4.74 Å². The van der Waals surface area contributed by atoms with E-state index >= 15 is 0 Å². The van der Waals surface area contributed by atoms with Crippen LogP contribution in [-0.2, 0) is 19.9 Å². The number of aryl methyl sites for hydroxylation is 1. The third-order valence-corrected chi connectivity index (χ3v) is 4.31. The highest BCUT2D eigenvalue weighted by Gasteiger charge is 2.22. The van der Waals surface area contributed by atoms with Crippen molar-refractivity contribution in [2.75, 3.05) is 13.7 Å². The van der Waals surface area contributed by atoms with Gasteiger partial charge in [-0.1, -0.05) is 12.1 Å². The fraction of sp³-hybridized carbons (Fsp3) is 0.471. The molecular weight excluding hydrogens is 262 g/mol. The largest absolute Gasteiger partial charge is 0.497 e. The van der Waals surface area contributed by atoms with E-state index in [9.17, 15) is 0 Å². The maximum Gasteiger partial charge on any atom is 0.119 e. The Labute approximate surface area is 126 Å². The van der Waals surface area contributed by atoms with E-state index in [1.54, 1.807) is 7.11 Å². The Morgan fingerprint density at radius 1 is 1.43 bits per heavy atom. The summed E-state index contributed by atoms with van der Waals surface area (Å²) < 4.78 is 7.29. The minimum absolute atomic E-state index is 0.452. The van der Waals surface area contributed by atoms with Crippen LogP contribution in [0.3, 0.4) is 0 Å². The molecule has 1 heterocycles. The average Bonchev–Trinajstić information content (AvgIpc) is 2.90. The SMILES string of the molecule is COc1cccc(CCNC2CCCc3c2cnn3C)c1. The van der Waals surface area contributed by atoms with Crippen molar-refractivity contribution in [2.24, 2.45) is 7.05 Å². The molecule has 0 aliphatic heterocycles. The predicted octanol–water partition coefficient (Wildman–Crippen LogP) is 2.64. The minimum atomic E-state index is 0.452. The van der Waals surface area contributed by atoms with Gasteiger partial charge in [-0.25, -0.2) is 0 Å². The fourth-order valence-electron chi connectivity index (χ4n) is 3.14. The van der Waals surface area contributed by atoms with Gasteiger partial charge in [0.2, 0.25) is 0 Å². The Balaban J connectivity index is 1.58. The molecule has 0 spiro atoms. The summed E-state index contributed by atoms with van der Waals surface area (Å²) in [5.74, 6) is 0.930. The Hall–Kier alpha value is -1.81. The minimum Gasteiger partial charge on any atom is -0.497 e. The maximum atomic E-state index is 5.27. The number of rotatable bonds is 5. The van der Waals surface area contributed by atoms with Crippen molar-refractivity contribution in [3.63, 3.8) is 0 Å². The van der Waals surface area contributed by atoms with Crippen LogP contribution in [0.15, 0.2) is 30.5 Å². The molecule has 1 aliphatic rings. The summed E-state index contributed by atoms with van der Waals surface area (Å²) in [4.78, 5) is 0. The van der Waals surface area contributed by atoms with Crippen LogP contribution >= 0.6 is 0 Å². The molecule has 1 aliphatic carbocycles. The monoisotopic (exact) mass is 285 g/mol. The Kier molecular flexibility index (Phi) is 4.25. The van der Waals surface area contributed by atoms with Crippen LogP contribution in [-0.4, -0.2) is 23.4 Å². The summed E-state index contributed by atoms with van der Waals surface area (Å²) in [7, 11) is 3.75. The quantitative estimate of drug-likeness (QED) is 0.918. The van der Waals surface area contributed by atoms with E-state index in [1.807, 2.05) is 30.1 Å². The molecule has 0 radical (unpaired) electrons. The van der Waals surface area contributed by atoms with E-state index in [2.05, 4.69) is 22.5 Å². The number of fused-ring (bicyclic) bond motifs is 1. The standard InChI is InChI=1S/C17H23N3O/c1-20-17-8-4-7-16(15(17)12-19-20)18-10-9-13-5-3-6-14(11-13)21-2/h3,5-6,11-12,16,18H,4,7-10H2,1-2H3. The summed E-state index contributed by atoms with van der Waals surface area (Å²) in [6.45, 7) is 0.978. The molecule has 0 saturated heterocycles. The third kappa shape index (κ3) is 3.10. The van der Waals surface area contributed by atoms with Crippen molar-refractivity contribution in [3.8, 4) is 5.75 Å². The molecule has 112 valence electrons. The molecule has 0 fully saturated rings. The molecule has 3 rings (SSSR count). The molecule has 1 aromatic carbocycles. The molecule has 0 bridgehead atoms. The second-order valence-corrected chi connectivity index (χ2v) is 5.67. The fourth-order valence-corrected chi connectivity index (χ4v) is 3.14. The number of nitrogens with zero attached hydrogens (tertiary/aromatic N) is 2. The van der Waals surface area contributed by atoms with Gasteiger partial charge in [0.05, 0.1) is 13.3 Å². The van der Waals surface area contributed by atoms with E-state index in [0.29, 0.717) is 6.04 Å². The molecule has 4 heteroatoms. The van der Waals surface area contributed by atoms with Gasteiger partial charge in [-0.2, -0.15) is 5.10 Å². The molecule has 0 saturated carbocycles. The van der Waals surface area contributed by atoms with Gasteiger partial charge in [-0.3, -0.25) is 4.68 Å². The predicted molar refractivity (Wildman–Crippen MR) is 83.6 cm³/mol. The number of hydrogen-bond donors (Lipinski definition) is 1. The highest BCUT2D eigenvalue weighted by molar-refractivity contribution is 5.29. The van der Waals surface area contributed by atoms with Crippen LogP contribution in [0.1, 0.15) is 35.7 Å². The molecule has 0 amide bonds. The van der Waals surface area contributed by atoms with E-state index < -0.39 is 0 Å². The highest BCUT2D eigenvalue weighted by Crippen LogP contribution is 2.29. The Morgan fingerprint density at radius 3 is 3.19 bits per heavy atom. The first kappa shape index (κ1) is 14.1. The molecule has 2 aromatic rings. The lowest BCUT2D eigenvalue weighted by molar-refractivity contribution is 0.414. The Morgan fingerprint density at radius 2 is 2.33 bits per heavy atom. The first-order chi connectivity index (χ1) is 10.3. The summed E-state index contributed by atoms with van der Waals surface area (Å²) in [5, 5.41) is 8.08. The van der Waals surface area contributed by atoms with Gasteiger partial charge in [0.1, 0.15) is 5.75 Å². The maximum absolute atomic E-state index is 5.27. The van der Waals surface area contributed by atoms with Gasteiger partial charge in [0.25, 0.3) is 0 Å². The van der Waals surface area contributed by atoms with Gasteiger partial charge in [0.15, 0.2) is 0 Å². The summed E-state index contributed by atoms with van der Waals surface area (Å²) in [6.07, 6.45) is 6.64. The van der Waals surface area contributed by atoms with Crippen LogP contribution in [0, 0.1) is 0 Å². The smallest absolute Gasteiger partial charge is 0.119 e. The van der Waals surface area contributed by atoms with Crippen LogP contribution in [0.25, 0.3) is 0 Å².